The van der Waals surface area contributed by atoms with Crippen molar-refractivity contribution >= 4 is 33.3 Å². The summed E-state index contributed by atoms with van der Waals surface area (Å²) in [5.74, 6) is 0.124. The maximum absolute atomic E-state index is 11.8. The number of halogens is 2. The van der Waals surface area contributed by atoms with E-state index in [1.807, 2.05) is 6.07 Å². The number of hydrogen-bond acceptors (Lipinski definition) is 2. The number of ketones is 1. The van der Waals surface area contributed by atoms with E-state index in [1.54, 1.807) is 25.1 Å². The van der Waals surface area contributed by atoms with Crippen molar-refractivity contribution in [3.8, 4) is 6.07 Å². The van der Waals surface area contributed by atoms with E-state index in [2.05, 4.69) is 15.9 Å². The molecule has 78 valence electrons. The third kappa shape index (κ3) is 2.58. The number of nitriles is 1. The summed E-state index contributed by atoms with van der Waals surface area (Å²) in [5.41, 5.74) is 1.51. The van der Waals surface area contributed by atoms with Crippen LogP contribution in [-0.2, 0) is 5.88 Å². The van der Waals surface area contributed by atoms with Crippen LogP contribution >= 0.6 is 27.5 Å². The first-order chi connectivity index (χ1) is 7.11. The van der Waals surface area contributed by atoms with Crippen molar-refractivity contribution in [2.24, 2.45) is 0 Å². The van der Waals surface area contributed by atoms with E-state index in [0.717, 1.165) is 0 Å². The number of carbonyl (C=O) groups excluding carboxylic acids is 1. The lowest BCUT2D eigenvalue weighted by atomic mass is 9.97. The van der Waals surface area contributed by atoms with Gasteiger partial charge in [-0.05, 0) is 18.6 Å². The smallest absolute Gasteiger partial charge is 0.177 e. The minimum atomic E-state index is -0.311. The van der Waals surface area contributed by atoms with Gasteiger partial charge in [-0.3, -0.25) is 4.79 Å². The standard InChI is InChI=1S/C11H9BrClNO/c1-7(12)11(15)10-8(5-13)3-2-4-9(10)6-14/h2-4,7H,5H2,1H3. The number of carbonyl (C=O) groups is 1. The Bertz CT molecular complexity index is 423. The monoisotopic (exact) mass is 285 g/mol. The van der Waals surface area contributed by atoms with Crippen LogP contribution in [0.15, 0.2) is 18.2 Å². The highest BCUT2D eigenvalue weighted by atomic mass is 79.9. The molecule has 0 amide bonds. The fraction of sp³-hybridized carbons (Fsp3) is 0.273. The molecule has 0 aliphatic rings. The van der Waals surface area contributed by atoms with E-state index in [-0.39, 0.29) is 16.5 Å². The predicted octanol–water partition coefficient (Wildman–Crippen LogP) is 3.26. The molecule has 0 fully saturated rings. The van der Waals surface area contributed by atoms with E-state index in [0.29, 0.717) is 16.7 Å². The molecule has 0 saturated carbocycles. The van der Waals surface area contributed by atoms with Crippen LogP contribution in [0.3, 0.4) is 0 Å². The van der Waals surface area contributed by atoms with Gasteiger partial charge in [-0.15, -0.1) is 11.6 Å². The Morgan fingerprint density at radius 2 is 2.33 bits per heavy atom. The Labute approximate surface area is 102 Å². The zero-order chi connectivity index (χ0) is 11.4. The summed E-state index contributed by atoms with van der Waals surface area (Å²) in [4.78, 5) is 11.5. The Morgan fingerprint density at radius 3 is 2.80 bits per heavy atom. The predicted molar refractivity (Wildman–Crippen MR) is 63.4 cm³/mol. The average molecular weight is 287 g/mol. The van der Waals surface area contributed by atoms with E-state index in [1.165, 1.54) is 0 Å². The molecule has 1 atom stereocenters. The highest BCUT2D eigenvalue weighted by Gasteiger charge is 2.19. The number of rotatable bonds is 3. The average Bonchev–Trinajstić information content (AvgIpc) is 2.26. The van der Waals surface area contributed by atoms with Crippen molar-refractivity contribution in [3.05, 3.63) is 34.9 Å². The molecular formula is C11H9BrClNO. The number of alkyl halides is 2. The molecule has 15 heavy (non-hydrogen) atoms. The Balaban J connectivity index is 3.36. The molecule has 1 aromatic carbocycles. The maximum Gasteiger partial charge on any atom is 0.177 e. The third-order valence-corrected chi connectivity index (χ3v) is 2.73. The largest absolute Gasteiger partial charge is 0.293 e. The molecule has 0 spiro atoms. The second-order valence-electron chi connectivity index (χ2n) is 3.07. The molecule has 0 aliphatic heterocycles. The molecule has 1 unspecified atom stereocenters. The molecule has 1 aromatic rings. The lowest BCUT2D eigenvalue weighted by Crippen LogP contribution is -2.14. The van der Waals surface area contributed by atoms with Gasteiger partial charge in [-0.1, -0.05) is 28.1 Å². The molecule has 0 bridgehead atoms. The van der Waals surface area contributed by atoms with Gasteiger partial charge in [-0.25, -0.2) is 0 Å². The van der Waals surface area contributed by atoms with Gasteiger partial charge < -0.3 is 0 Å². The van der Waals surface area contributed by atoms with Gasteiger partial charge in [0.15, 0.2) is 5.78 Å². The number of Topliss-reactive ketones (excluding diaryl/α,β-unsaturated/α-hetero) is 1. The first-order valence-corrected chi connectivity index (χ1v) is 5.83. The molecule has 0 heterocycles. The SMILES string of the molecule is CC(Br)C(=O)c1c(C#N)cccc1CCl. The molecule has 0 N–H and O–H groups in total. The van der Waals surface area contributed by atoms with Crippen LogP contribution in [0.1, 0.15) is 28.4 Å². The lowest BCUT2D eigenvalue weighted by molar-refractivity contribution is 0.0995. The van der Waals surface area contributed by atoms with E-state index in [4.69, 9.17) is 16.9 Å². The lowest BCUT2D eigenvalue weighted by Gasteiger charge is -2.09. The van der Waals surface area contributed by atoms with Crippen LogP contribution in [0.5, 0.6) is 0 Å². The summed E-state index contributed by atoms with van der Waals surface area (Å²) < 4.78 is 0. The molecule has 0 aromatic heterocycles. The van der Waals surface area contributed by atoms with Gasteiger partial charge in [0.05, 0.1) is 16.5 Å². The Kier molecular flexibility index (Phi) is 4.31. The highest BCUT2D eigenvalue weighted by molar-refractivity contribution is 9.10. The Hall–Kier alpha value is -0.850. The minimum absolute atomic E-state index is 0.109. The van der Waals surface area contributed by atoms with Gasteiger partial charge in [0.1, 0.15) is 0 Å². The summed E-state index contributed by atoms with van der Waals surface area (Å²) >= 11 is 8.93. The van der Waals surface area contributed by atoms with Gasteiger partial charge in [0, 0.05) is 11.4 Å². The maximum atomic E-state index is 11.8. The van der Waals surface area contributed by atoms with Crippen LogP contribution in [0.25, 0.3) is 0 Å². The van der Waals surface area contributed by atoms with Crippen molar-refractivity contribution in [3.63, 3.8) is 0 Å². The van der Waals surface area contributed by atoms with Crippen molar-refractivity contribution in [1.82, 2.24) is 0 Å². The first kappa shape index (κ1) is 12.2. The van der Waals surface area contributed by atoms with Crippen LogP contribution in [-0.4, -0.2) is 10.6 Å². The summed E-state index contributed by atoms with van der Waals surface area (Å²) in [6, 6.07) is 7.12. The van der Waals surface area contributed by atoms with Gasteiger partial charge in [0.2, 0.25) is 0 Å². The van der Waals surface area contributed by atoms with Gasteiger partial charge >= 0.3 is 0 Å². The van der Waals surface area contributed by atoms with Gasteiger partial charge in [-0.2, -0.15) is 5.26 Å². The van der Waals surface area contributed by atoms with Crippen LogP contribution in [0, 0.1) is 11.3 Å². The minimum Gasteiger partial charge on any atom is -0.293 e. The second kappa shape index (κ2) is 5.29. The van der Waals surface area contributed by atoms with Crippen molar-refractivity contribution < 1.29 is 4.79 Å². The Morgan fingerprint density at radius 1 is 1.67 bits per heavy atom. The summed E-state index contributed by atoms with van der Waals surface area (Å²) in [6.07, 6.45) is 0. The van der Waals surface area contributed by atoms with Crippen LogP contribution < -0.4 is 0 Å². The molecular weight excluding hydrogens is 277 g/mol. The number of benzene rings is 1. The molecule has 0 aliphatic carbocycles. The molecule has 2 nitrogen and oxygen atoms in total. The summed E-state index contributed by atoms with van der Waals surface area (Å²) in [7, 11) is 0. The quantitative estimate of drug-likeness (QED) is 0.632. The zero-order valence-electron chi connectivity index (χ0n) is 8.13. The van der Waals surface area contributed by atoms with Crippen LogP contribution in [0.2, 0.25) is 0 Å². The molecule has 0 saturated heterocycles. The third-order valence-electron chi connectivity index (χ3n) is 2.02. The van der Waals surface area contributed by atoms with E-state index >= 15 is 0 Å². The molecule has 0 radical (unpaired) electrons. The van der Waals surface area contributed by atoms with Crippen molar-refractivity contribution in [2.75, 3.05) is 0 Å². The molecule has 1 rings (SSSR count). The first-order valence-electron chi connectivity index (χ1n) is 4.38. The summed E-state index contributed by atoms with van der Waals surface area (Å²) in [6.45, 7) is 1.73. The fourth-order valence-corrected chi connectivity index (χ4v) is 1.75. The number of nitrogens with zero attached hydrogens (tertiary/aromatic N) is 1. The van der Waals surface area contributed by atoms with Crippen molar-refractivity contribution in [2.45, 2.75) is 17.6 Å². The highest BCUT2D eigenvalue weighted by Crippen LogP contribution is 2.20. The second-order valence-corrected chi connectivity index (χ2v) is 4.71. The summed E-state index contributed by atoms with van der Waals surface area (Å²) in [5, 5.41) is 8.91. The van der Waals surface area contributed by atoms with E-state index < -0.39 is 0 Å². The van der Waals surface area contributed by atoms with Crippen molar-refractivity contribution in [1.29, 1.82) is 5.26 Å². The number of hydrogen-bond donors (Lipinski definition) is 0. The molecule has 4 heteroatoms. The van der Waals surface area contributed by atoms with E-state index in [9.17, 15) is 4.79 Å². The zero-order valence-corrected chi connectivity index (χ0v) is 10.5. The normalized spacial score (nSPS) is 11.9. The fourth-order valence-electron chi connectivity index (χ4n) is 1.29. The topological polar surface area (TPSA) is 40.9 Å². The van der Waals surface area contributed by atoms with Crippen LogP contribution in [0.4, 0.5) is 0 Å². The van der Waals surface area contributed by atoms with Gasteiger partial charge in [0.25, 0.3) is 0 Å².